The van der Waals surface area contributed by atoms with Crippen molar-refractivity contribution in [3.8, 4) is 0 Å². The number of nitrogens with zero attached hydrogens (tertiary/aromatic N) is 2. The summed E-state index contributed by atoms with van der Waals surface area (Å²) in [7, 11) is 0. The summed E-state index contributed by atoms with van der Waals surface area (Å²) in [5.41, 5.74) is 2.80. The van der Waals surface area contributed by atoms with E-state index in [1.807, 2.05) is 70.2 Å². The molecule has 6 atom stereocenters. The zero-order chi connectivity index (χ0) is 25.1. The highest BCUT2D eigenvalue weighted by Gasteiger charge is 2.74. The van der Waals surface area contributed by atoms with Crippen molar-refractivity contribution in [1.82, 2.24) is 4.90 Å². The monoisotopic (exact) mass is 496 g/mol. The molecule has 2 fully saturated rings. The number of carbonyl (C=O) groups is 3. The molecule has 0 aliphatic carbocycles. The number of para-hydroxylation sites is 1. The molecule has 1 aromatic rings. The molecule has 7 nitrogen and oxygen atoms in total. The molecule has 1 spiro atoms. The summed E-state index contributed by atoms with van der Waals surface area (Å²) in [6.45, 7) is 8.11. The van der Waals surface area contributed by atoms with Crippen LogP contribution in [-0.4, -0.2) is 69.1 Å². The van der Waals surface area contributed by atoms with Gasteiger partial charge in [0.15, 0.2) is 0 Å². The number of aryl methyl sites for hydroxylation is 2. The summed E-state index contributed by atoms with van der Waals surface area (Å²) in [4.78, 5) is 45.2. The number of thioether (sulfide) groups is 1. The molecule has 0 saturated carbocycles. The van der Waals surface area contributed by atoms with Gasteiger partial charge in [0.2, 0.25) is 5.91 Å². The van der Waals surface area contributed by atoms with Crippen molar-refractivity contribution in [3.63, 3.8) is 0 Å². The van der Waals surface area contributed by atoms with Gasteiger partial charge in [-0.25, -0.2) is 0 Å². The van der Waals surface area contributed by atoms with Gasteiger partial charge in [-0.2, -0.15) is 0 Å². The highest BCUT2D eigenvalue weighted by Crippen LogP contribution is 2.65. The van der Waals surface area contributed by atoms with Crippen molar-refractivity contribution in [1.29, 1.82) is 0 Å². The highest BCUT2D eigenvalue weighted by atomic mass is 32.2. The molecule has 1 aromatic carbocycles. The summed E-state index contributed by atoms with van der Waals surface area (Å²) < 4.78 is 3.84. The quantitative estimate of drug-likeness (QED) is 0.510. The third kappa shape index (κ3) is 3.33. The fourth-order valence-corrected chi connectivity index (χ4v) is 8.67. The lowest BCUT2D eigenvalue weighted by atomic mass is 9.75. The van der Waals surface area contributed by atoms with Crippen LogP contribution in [0.25, 0.3) is 0 Å². The molecule has 4 aliphatic rings. The standard InChI is InChI=1S/C27H32N2O5S/c1-5-18(15-30)29-22-24(32)28(21-16(2)9-6-10-17(21)3)13-7-12-27(22)19(23(29)31)20-25(33)34-14-8-11-26(20,4)35-27/h6-12,18-20,22,30H,5,13-15H2,1-4H3/t18-,19-,20+,22?,26-,27-/m0/s1. The average molecular weight is 497 g/mol. The van der Waals surface area contributed by atoms with Gasteiger partial charge in [0, 0.05) is 17.0 Å². The number of hydrogen-bond donors (Lipinski definition) is 1. The Labute approximate surface area is 210 Å². The second-order valence-electron chi connectivity index (χ2n) is 10.1. The Morgan fingerprint density at radius 1 is 1.11 bits per heavy atom. The Morgan fingerprint density at radius 2 is 1.83 bits per heavy atom. The van der Waals surface area contributed by atoms with Crippen LogP contribution >= 0.6 is 11.8 Å². The third-order valence-corrected chi connectivity index (χ3v) is 9.83. The first-order chi connectivity index (χ1) is 16.7. The minimum atomic E-state index is -0.942. The molecule has 5 rings (SSSR count). The van der Waals surface area contributed by atoms with E-state index in [-0.39, 0.29) is 25.0 Å². The van der Waals surface area contributed by atoms with Crippen LogP contribution < -0.4 is 4.90 Å². The minimum absolute atomic E-state index is 0.176. The smallest absolute Gasteiger partial charge is 0.311 e. The summed E-state index contributed by atoms with van der Waals surface area (Å²) in [6, 6.07) is 4.56. The fraction of sp³-hybridized carbons (Fsp3) is 0.519. The Kier molecular flexibility index (Phi) is 5.87. The number of carbonyl (C=O) groups excluding carboxylic acids is 3. The van der Waals surface area contributed by atoms with Crippen LogP contribution in [0.2, 0.25) is 0 Å². The second kappa shape index (κ2) is 8.52. The molecule has 4 aliphatic heterocycles. The number of cyclic esters (lactones) is 1. The fourth-order valence-electron chi connectivity index (χ4n) is 6.53. The van der Waals surface area contributed by atoms with E-state index in [4.69, 9.17) is 4.74 Å². The van der Waals surface area contributed by atoms with E-state index >= 15 is 0 Å². The van der Waals surface area contributed by atoms with Crippen LogP contribution in [0.15, 0.2) is 42.5 Å². The van der Waals surface area contributed by atoms with Gasteiger partial charge in [-0.3, -0.25) is 14.4 Å². The largest absolute Gasteiger partial charge is 0.461 e. The van der Waals surface area contributed by atoms with Crippen molar-refractivity contribution in [2.75, 3.05) is 24.7 Å². The number of likely N-dealkylation sites (tertiary alicyclic amines) is 1. The first kappa shape index (κ1) is 24.1. The first-order valence-corrected chi connectivity index (χ1v) is 13.0. The Bertz CT molecular complexity index is 1120. The van der Waals surface area contributed by atoms with Gasteiger partial charge in [0.05, 0.1) is 29.2 Å². The van der Waals surface area contributed by atoms with E-state index < -0.39 is 39.4 Å². The molecule has 4 heterocycles. The van der Waals surface area contributed by atoms with Gasteiger partial charge in [-0.05, 0) is 44.4 Å². The molecule has 0 aromatic heterocycles. The maximum absolute atomic E-state index is 14.5. The number of benzene rings is 1. The normalized spacial score (nSPS) is 34.8. The van der Waals surface area contributed by atoms with Crippen molar-refractivity contribution in [3.05, 3.63) is 53.6 Å². The third-order valence-electron chi connectivity index (χ3n) is 8.04. The SMILES string of the molecule is CC[C@@H](CO)N1C(=O)[C@@H]2[C@@H]3C(=O)OCC=C[C@]3(C)S[C@@]23C=CCN(c2c(C)cccc2C)C(=O)C13. The van der Waals surface area contributed by atoms with Gasteiger partial charge in [-0.15, -0.1) is 11.8 Å². The molecule has 2 saturated heterocycles. The lowest BCUT2D eigenvalue weighted by Gasteiger charge is -2.39. The van der Waals surface area contributed by atoms with E-state index in [0.717, 1.165) is 16.8 Å². The summed E-state index contributed by atoms with van der Waals surface area (Å²) in [5, 5.41) is 10.2. The first-order valence-electron chi connectivity index (χ1n) is 12.2. The van der Waals surface area contributed by atoms with Crippen LogP contribution in [-0.2, 0) is 19.1 Å². The average Bonchev–Trinajstić information content (AvgIpc) is 3.07. The number of ether oxygens (including phenoxy) is 1. The number of rotatable bonds is 4. The molecule has 186 valence electrons. The van der Waals surface area contributed by atoms with Crippen LogP contribution in [0.1, 0.15) is 31.4 Å². The summed E-state index contributed by atoms with van der Waals surface area (Å²) >= 11 is 1.52. The molecule has 0 bridgehead atoms. The predicted octanol–water partition coefficient (Wildman–Crippen LogP) is 2.78. The lowest BCUT2D eigenvalue weighted by Crippen LogP contribution is -2.57. The second-order valence-corrected chi connectivity index (χ2v) is 11.9. The summed E-state index contributed by atoms with van der Waals surface area (Å²) in [5.74, 6) is -2.32. The highest BCUT2D eigenvalue weighted by molar-refractivity contribution is 8.02. The Balaban J connectivity index is 1.71. The maximum atomic E-state index is 14.5. The molecule has 1 N–H and O–H groups in total. The van der Waals surface area contributed by atoms with Gasteiger partial charge in [-0.1, -0.05) is 43.4 Å². The number of fused-ring (bicyclic) bond motifs is 2. The molecular formula is C27H32N2O5S. The number of aliphatic hydroxyl groups is 1. The number of anilines is 1. The molecule has 35 heavy (non-hydrogen) atoms. The van der Waals surface area contributed by atoms with Crippen LogP contribution in [0.5, 0.6) is 0 Å². The predicted molar refractivity (Wildman–Crippen MR) is 135 cm³/mol. The topological polar surface area (TPSA) is 87.2 Å². The van der Waals surface area contributed by atoms with Crippen LogP contribution in [0.3, 0.4) is 0 Å². The van der Waals surface area contributed by atoms with Crippen molar-refractivity contribution >= 4 is 35.2 Å². The van der Waals surface area contributed by atoms with E-state index in [1.165, 1.54) is 11.8 Å². The molecule has 0 radical (unpaired) electrons. The molecular weight excluding hydrogens is 464 g/mol. The molecule has 2 amide bonds. The Morgan fingerprint density at radius 3 is 2.49 bits per heavy atom. The lowest BCUT2D eigenvalue weighted by molar-refractivity contribution is -0.153. The number of aliphatic hydroxyl groups excluding tert-OH is 1. The minimum Gasteiger partial charge on any atom is -0.461 e. The zero-order valence-electron chi connectivity index (χ0n) is 20.6. The van der Waals surface area contributed by atoms with Gasteiger partial charge in [0.25, 0.3) is 5.91 Å². The van der Waals surface area contributed by atoms with E-state index in [9.17, 15) is 19.5 Å². The molecule has 1 unspecified atom stereocenters. The van der Waals surface area contributed by atoms with E-state index in [0.29, 0.717) is 13.0 Å². The van der Waals surface area contributed by atoms with Gasteiger partial charge in [0.1, 0.15) is 12.6 Å². The van der Waals surface area contributed by atoms with Gasteiger partial charge < -0.3 is 19.6 Å². The number of hydrogen-bond acceptors (Lipinski definition) is 6. The molecule has 8 heteroatoms. The summed E-state index contributed by atoms with van der Waals surface area (Å²) in [6.07, 6.45) is 8.24. The number of amides is 2. The maximum Gasteiger partial charge on any atom is 0.311 e. The zero-order valence-corrected chi connectivity index (χ0v) is 21.4. The van der Waals surface area contributed by atoms with Crippen molar-refractivity contribution < 1.29 is 24.2 Å². The van der Waals surface area contributed by atoms with Gasteiger partial charge >= 0.3 is 5.97 Å². The van der Waals surface area contributed by atoms with Crippen LogP contribution in [0.4, 0.5) is 5.69 Å². The van der Waals surface area contributed by atoms with Crippen molar-refractivity contribution in [2.45, 2.75) is 55.7 Å². The van der Waals surface area contributed by atoms with E-state index in [1.54, 1.807) is 9.80 Å². The van der Waals surface area contributed by atoms with Crippen LogP contribution in [0, 0.1) is 25.7 Å². The Hall–Kier alpha value is -2.58. The van der Waals surface area contributed by atoms with E-state index in [2.05, 4.69) is 0 Å². The number of esters is 1. The van der Waals surface area contributed by atoms with Crippen molar-refractivity contribution in [2.24, 2.45) is 11.8 Å².